The third-order valence-corrected chi connectivity index (χ3v) is 6.59. The molecule has 5 heteroatoms. The smallest absolute Gasteiger partial charge is 0.253 e. The van der Waals surface area contributed by atoms with Crippen LogP contribution < -0.4 is 9.80 Å². The molecule has 160 valence electrons. The minimum atomic E-state index is 0.160. The molecule has 0 saturated carbocycles. The average molecular weight is 415 g/mol. The summed E-state index contributed by atoms with van der Waals surface area (Å²) in [7, 11) is 0. The third-order valence-electron chi connectivity index (χ3n) is 6.59. The van der Waals surface area contributed by atoms with Crippen LogP contribution in [-0.2, 0) is 0 Å². The number of nitrogens with zero attached hydrogens (tertiary/aromatic N) is 4. The number of piperazine rings is 1. The lowest BCUT2D eigenvalue weighted by Crippen LogP contribution is -2.46. The zero-order valence-corrected chi connectivity index (χ0v) is 18.0. The highest BCUT2D eigenvalue weighted by Crippen LogP contribution is 2.28. The molecule has 1 aromatic heterocycles. The van der Waals surface area contributed by atoms with E-state index in [-0.39, 0.29) is 5.91 Å². The molecule has 3 aromatic rings. The van der Waals surface area contributed by atoms with Crippen LogP contribution in [0.3, 0.4) is 0 Å². The Morgan fingerprint density at radius 2 is 1.45 bits per heavy atom. The first-order valence-corrected chi connectivity index (χ1v) is 11.5. The van der Waals surface area contributed by atoms with E-state index in [1.807, 2.05) is 23.2 Å². The molecule has 2 aliphatic heterocycles. The van der Waals surface area contributed by atoms with Gasteiger partial charge in [0.05, 0.1) is 0 Å². The Hall–Kier alpha value is -3.08. The number of hydrogen-bond acceptors (Lipinski definition) is 4. The number of aromatic nitrogens is 1. The van der Waals surface area contributed by atoms with Gasteiger partial charge in [-0.3, -0.25) is 4.79 Å². The van der Waals surface area contributed by atoms with Crippen molar-refractivity contribution in [3.8, 4) is 0 Å². The predicted molar refractivity (Wildman–Crippen MR) is 127 cm³/mol. The van der Waals surface area contributed by atoms with Crippen molar-refractivity contribution in [2.45, 2.75) is 25.7 Å². The largest absolute Gasteiger partial charge is 0.368 e. The molecule has 2 fully saturated rings. The van der Waals surface area contributed by atoms with Gasteiger partial charge >= 0.3 is 0 Å². The first kappa shape index (κ1) is 19.9. The Bertz CT molecular complexity index is 1040. The number of hydrogen-bond donors (Lipinski definition) is 0. The number of carbonyl (C=O) groups is 1. The van der Waals surface area contributed by atoms with Crippen LogP contribution in [0.25, 0.3) is 10.8 Å². The summed E-state index contributed by atoms with van der Waals surface area (Å²) in [6.45, 7) is 5.52. The summed E-state index contributed by atoms with van der Waals surface area (Å²) in [6, 6.07) is 18.8. The Balaban J connectivity index is 1.38. The van der Waals surface area contributed by atoms with Crippen molar-refractivity contribution in [1.82, 2.24) is 9.88 Å². The van der Waals surface area contributed by atoms with Crippen LogP contribution in [0.2, 0.25) is 0 Å². The maximum absolute atomic E-state index is 13.2. The normalized spacial score (nSPS) is 17.6. The number of rotatable bonds is 3. The fourth-order valence-electron chi connectivity index (χ4n) is 4.81. The molecule has 0 unspecified atom stereocenters. The van der Waals surface area contributed by atoms with Crippen LogP contribution in [0.1, 0.15) is 36.0 Å². The van der Waals surface area contributed by atoms with E-state index in [0.717, 1.165) is 74.3 Å². The highest BCUT2D eigenvalue weighted by Gasteiger charge is 2.22. The van der Waals surface area contributed by atoms with Gasteiger partial charge in [-0.15, -0.1) is 0 Å². The zero-order chi connectivity index (χ0) is 21.0. The Kier molecular flexibility index (Phi) is 5.74. The first-order valence-electron chi connectivity index (χ1n) is 11.5. The second kappa shape index (κ2) is 8.96. The van der Waals surface area contributed by atoms with Gasteiger partial charge in [0.25, 0.3) is 5.91 Å². The molecule has 0 atom stereocenters. The number of anilines is 2. The lowest BCUT2D eigenvalue weighted by Gasteiger charge is -2.37. The molecule has 2 saturated heterocycles. The maximum atomic E-state index is 13.2. The van der Waals surface area contributed by atoms with E-state index in [0.29, 0.717) is 0 Å². The van der Waals surface area contributed by atoms with Gasteiger partial charge in [-0.25, -0.2) is 4.98 Å². The summed E-state index contributed by atoms with van der Waals surface area (Å²) < 4.78 is 0. The molecule has 5 rings (SSSR count). The van der Waals surface area contributed by atoms with Gasteiger partial charge in [-0.1, -0.05) is 37.1 Å². The number of carbonyl (C=O) groups excluding carboxylic acids is 1. The minimum absolute atomic E-state index is 0.160. The van der Waals surface area contributed by atoms with Crippen molar-refractivity contribution < 1.29 is 4.79 Å². The molecule has 2 aliphatic rings. The molecule has 0 bridgehead atoms. The van der Waals surface area contributed by atoms with E-state index < -0.39 is 0 Å². The molecule has 2 aromatic carbocycles. The Labute approximate surface area is 184 Å². The van der Waals surface area contributed by atoms with Gasteiger partial charge in [-0.05, 0) is 48.6 Å². The standard InChI is InChI=1S/C26H30N4O/c31-26(30-14-6-1-2-7-15-30)22-11-10-21-12-13-27-25(24(21)20-22)29-18-16-28(17-19-29)23-8-4-3-5-9-23/h3-5,8-13,20H,1-2,6-7,14-19H2. The summed E-state index contributed by atoms with van der Waals surface area (Å²) in [4.78, 5) is 24.7. The monoisotopic (exact) mass is 414 g/mol. The van der Waals surface area contributed by atoms with Crippen molar-refractivity contribution in [2.75, 3.05) is 49.1 Å². The Morgan fingerprint density at radius 1 is 0.742 bits per heavy atom. The van der Waals surface area contributed by atoms with Crippen LogP contribution in [0.5, 0.6) is 0 Å². The van der Waals surface area contributed by atoms with E-state index in [1.165, 1.54) is 18.5 Å². The number of benzene rings is 2. The summed E-state index contributed by atoms with van der Waals surface area (Å²) >= 11 is 0. The van der Waals surface area contributed by atoms with E-state index in [1.54, 1.807) is 0 Å². The van der Waals surface area contributed by atoms with Crippen molar-refractivity contribution in [3.63, 3.8) is 0 Å². The van der Waals surface area contributed by atoms with Crippen molar-refractivity contribution >= 4 is 28.2 Å². The zero-order valence-electron chi connectivity index (χ0n) is 18.0. The fourth-order valence-corrected chi connectivity index (χ4v) is 4.81. The molecule has 0 aliphatic carbocycles. The molecule has 0 radical (unpaired) electrons. The summed E-state index contributed by atoms with van der Waals surface area (Å²) in [6.07, 6.45) is 6.56. The average Bonchev–Trinajstić information content (AvgIpc) is 3.13. The van der Waals surface area contributed by atoms with E-state index in [9.17, 15) is 4.79 Å². The molecular weight excluding hydrogens is 384 g/mol. The van der Waals surface area contributed by atoms with Crippen molar-refractivity contribution in [2.24, 2.45) is 0 Å². The minimum Gasteiger partial charge on any atom is -0.368 e. The van der Waals surface area contributed by atoms with Crippen LogP contribution in [0.4, 0.5) is 11.5 Å². The Morgan fingerprint density at radius 3 is 2.19 bits per heavy atom. The van der Waals surface area contributed by atoms with Gasteiger partial charge in [0.2, 0.25) is 0 Å². The van der Waals surface area contributed by atoms with E-state index in [2.05, 4.69) is 52.3 Å². The summed E-state index contributed by atoms with van der Waals surface area (Å²) in [5.41, 5.74) is 2.06. The van der Waals surface area contributed by atoms with Crippen molar-refractivity contribution in [1.29, 1.82) is 0 Å². The lowest BCUT2D eigenvalue weighted by molar-refractivity contribution is 0.0762. The van der Waals surface area contributed by atoms with Gasteiger partial charge in [0.1, 0.15) is 5.82 Å². The number of pyridine rings is 1. The number of para-hydroxylation sites is 1. The first-order chi connectivity index (χ1) is 15.3. The van der Waals surface area contributed by atoms with Crippen LogP contribution >= 0.6 is 0 Å². The second-order valence-electron chi connectivity index (χ2n) is 8.59. The predicted octanol–water partition coefficient (Wildman–Crippen LogP) is 4.58. The van der Waals surface area contributed by atoms with E-state index >= 15 is 0 Å². The topological polar surface area (TPSA) is 39.7 Å². The molecule has 31 heavy (non-hydrogen) atoms. The number of amides is 1. The molecular formula is C26H30N4O. The van der Waals surface area contributed by atoms with Gasteiger partial charge < -0.3 is 14.7 Å². The van der Waals surface area contributed by atoms with Crippen molar-refractivity contribution in [3.05, 3.63) is 66.4 Å². The highest BCUT2D eigenvalue weighted by molar-refractivity contribution is 6.01. The molecule has 5 nitrogen and oxygen atoms in total. The molecule has 0 spiro atoms. The lowest BCUT2D eigenvalue weighted by atomic mass is 10.1. The number of likely N-dealkylation sites (tertiary alicyclic amines) is 1. The van der Waals surface area contributed by atoms with Crippen LogP contribution in [-0.4, -0.2) is 55.1 Å². The second-order valence-corrected chi connectivity index (χ2v) is 8.59. The molecule has 1 amide bonds. The molecule has 3 heterocycles. The maximum Gasteiger partial charge on any atom is 0.253 e. The van der Waals surface area contributed by atoms with Gasteiger partial charge in [0.15, 0.2) is 0 Å². The van der Waals surface area contributed by atoms with Crippen LogP contribution in [0.15, 0.2) is 60.8 Å². The summed E-state index contributed by atoms with van der Waals surface area (Å²) in [5.74, 6) is 1.16. The SMILES string of the molecule is O=C(c1ccc2ccnc(N3CCN(c4ccccc4)CC3)c2c1)N1CCCCCC1. The molecule has 0 N–H and O–H groups in total. The van der Waals surface area contributed by atoms with Crippen LogP contribution in [0, 0.1) is 0 Å². The summed E-state index contributed by atoms with van der Waals surface area (Å²) in [5, 5.41) is 2.22. The highest BCUT2D eigenvalue weighted by atomic mass is 16.2. The van der Waals surface area contributed by atoms with E-state index in [4.69, 9.17) is 4.98 Å². The quantitative estimate of drug-likeness (QED) is 0.629. The fraction of sp³-hybridized carbons (Fsp3) is 0.385. The number of fused-ring (bicyclic) bond motifs is 1. The van der Waals surface area contributed by atoms with Gasteiger partial charge in [0, 0.05) is 62.1 Å². The third kappa shape index (κ3) is 4.22. The van der Waals surface area contributed by atoms with Gasteiger partial charge in [-0.2, -0.15) is 0 Å².